The molecule has 0 unspecified atom stereocenters. The molecule has 3 nitrogen and oxygen atoms in total. The summed E-state index contributed by atoms with van der Waals surface area (Å²) >= 11 is 5.38. The summed E-state index contributed by atoms with van der Waals surface area (Å²) in [7, 11) is 0. The molecule has 1 aromatic rings. The van der Waals surface area contributed by atoms with Gasteiger partial charge in [0, 0.05) is 11.6 Å². The van der Waals surface area contributed by atoms with Gasteiger partial charge < -0.3 is 10.4 Å². The largest absolute Gasteiger partial charge is 0.480 e. The van der Waals surface area contributed by atoms with Crippen LogP contribution in [0.3, 0.4) is 0 Å². The van der Waals surface area contributed by atoms with Gasteiger partial charge in [0.15, 0.2) is 0 Å². The van der Waals surface area contributed by atoms with Gasteiger partial charge in [-0.05, 0) is 18.6 Å². The molecule has 5 heteroatoms. The van der Waals surface area contributed by atoms with Crippen molar-refractivity contribution in [1.82, 2.24) is 0 Å². The lowest BCUT2D eigenvalue weighted by Gasteiger charge is -2.00. The SMILES string of the molecule is CCCCCCl.Cl.O=C(O)CNc1ccccc1. The molecule has 104 valence electrons. The molecule has 0 spiro atoms. The van der Waals surface area contributed by atoms with Crippen LogP contribution in [0.2, 0.25) is 0 Å². The predicted molar refractivity (Wildman–Crippen MR) is 80.1 cm³/mol. The van der Waals surface area contributed by atoms with Crippen molar-refractivity contribution in [2.24, 2.45) is 0 Å². The molecule has 0 aliphatic heterocycles. The van der Waals surface area contributed by atoms with E-state index < -0.39 is 5.97 Å². The van der Waals surface area contributed by atoms with Crippen molar-refractivity contribution in [3.05, 3.63) is 30.3 Å². The second kappa shape index (κ2) is 14.1. The summed E-state index contributed by atoms with van der Waals surface area (Å²) < 4.78 is 0. The molecule has 0 aliphatic carbocycles. The van der Waals surface area contributed by atoms with Crippen LogP contribution < -0.4 is 5.32 Å². The summed E-state index contributed by atoms with van der Waals surface area (Å²) in [4.78, 5) is 10.1. The Morgan fingerprint density at radius 1 is 1.28 bits per heavy atom. The van der Waals surface area contributed by atoms with E-state index in [-0.39, 0.29) is 19.0 Å². The van der Waals surface area contributed by atoms with Gasteiger partial charge in [-0.25, -0.2) is 0 Å². The highest BCUT2D eigenvalue weighted by molar-refractivity contribution is 6.17. The van der Waals surface area contributed by atoms with Crippen molar-refractivity contribution < 1.29 is 9.90 Å². The van der Waals surface area contributed by atoms with E-state index >= 15 is 0 Å². The van der Waals surface area contributed by atoms with Crippen LogP contribution in [0, 0.1) is 0 Å². The monoisotopic (exact) mass is 293 g/mol. The second-order valence-corrected chi connectivity index (χ2v) is 3.89. The summed E-state index contributed by atoms with van der Waals surface area (Å²) in [6, 6.07) is 9.23. The number of rotatable bonds is 6. The lowest BCUT2D eigenvalue weighted by molar-refractivity contribution is -0.134. The van der Waals surface area contributed by atoms with Gasteiger partial charge in [0.2, 0.25) is 0 Å². The first kappa shape index (κ1) is 19.4. The van der Waals surface area contributed by atoms with Gasteiger partial charge in [0.05, 0.1) is 0 Å². The normalized spacial score (nSPS) is 8.56. The van der Waals surface area contributed by atoms with Crippen molar-refractivity contribution in [3.8, 4) is 0 Å². The van der Waals surface area contributed by atoms with E-state index in [0.29, 0.717) is 0 Å². The number of alkyl halides is 1. The van der Waals surface area contributed by atoms with Gasteiger partial charge >= 0.3 is 5.97 Å². The van der Waals surface area contributed by atoms with E-state index in [0.717, 1.165) is 11.6 Å². The Labute approximate surface area is 120 Å². The Hall–Kier alpha value is -0.930. The molecule has 0 radical (unpaired) electrons. The smallest absolute Gasteiger partial charge is 0.322 e. The van der Waals surface area contributed by atoms with Crippen LogP contribution in [0.1, 0.15) is 26.2 Å². The minimum Gasteiger partial charge on any atom is -0.480 e. The van der Waals surface area contributed by atoms with Gasteiger partial charge in [-0.1, -0.05) is 38.0 Å². The summed E-state index contributed by atoms with van der Waals surface area (Å²) in [6.07, 6.45) is 3.73. The predicted octanol–water partition coefficient (Wildman–Crippen LogP) is 4.02. The fourth-order valence-corrected chi connectivity index (χ4v) is 1.27. The second-order valence-electron chi connectivity index (χ2n) is 3.51. The lowest BCUT2D eigenvalue weighted by Crippen LogP contribution is -2.11. The molecule has 0 bridgehead atoms. The minimum atomic E-state index is -0.853. The third-order valence-corrected chi connectivity index (χ3v) is 2.22. The Bertz CT molecular complexity index is 290. The highest BCUT2D eigenvalue weighted by Crippen LogP contribution is 2.03. The third-order valence-electron chi connectivity index (χ3n) is 1.95. The Balaban J connectivity index is 0. The van der Waals surface area contributed by atoms with E-state index in [9.17, 15) is 4.79 Å². The quantitative estimate of drug-likeness (QED) is 0.615. The summed E-state index contributed by atoms with van der Waals surface area (Å²) in [6.45, 7) is 2.14. The number of carboxylic acid groups (broad SMARTS) is 1. The molecule has 0 amide bonds. The van der Waals surface area contributed by atoms with Crippen molar-refractivity contribution in [2.45, 2.75) is 26.2 Å². The van der Waals surface area contributed by atoms with Crippen molar-refractivity contribution in [1.29, 1.82) is 0 Å². The summed E-state index contributed by atoms with van der Waals surface area (Å²) in [5.41, 5.74) is 0.829. The van der Waals surface area contributed by atoms with E-state index in [4.69, 9.17) is 16.7 Å². The Kier molecular flexibility index (Phi) is 15.2. The first-order valence-electron chi connectivity index (χ1n) is 5.77. The maximum Gasteiger partial charge on any atom is 0.322 e. The highest BCUT2D eigenvalue weighted by Gasteiger charge is 1.94. The first-order valence-corrected chi connectivity index (χ1v) is 6.30. The maximum atomic E-state index is 10.1. The van der Waals surface area contributed by atoms with Gasteiger partial charge in [-0.2, -0.15) is 0 Å². The van der Waals surface area contributed by atoms with Crippen LogP contribution in [-0.2, 0) is 4.79 Å². The molecule has 0 aromatic heterocycles. The topological polar surface area (TPSA) is 49.3 Å². The zero-order chi connectivity index (χ0) is 12.9. The number of carboxylic acids is 1. The molecule has 2 N–H and O–H groups in total. The van der Waals surface area contributed by atoms with Gasteiger partial charge in [-0.15, -0.1) is 24.0 Å². The number of hydrogen-bond donors (Lipinski definition) is 2. The molecular weight excluding hydrogens is 273 g/mol. The van der Waals surface area contributed by atoms with Crippen LogP contribution in [0.15, 0.2) is 30.3 Å². The van der Waals surface area contributed by atoms with E-state index in [1.165, 1.54) is 19.3 Å². The zero-order valence-corrected chi connectivity index (χ0v) is 12.1. The molecule has 0 fully saturated rings. The van der Waals surface area contributed by atoms with Gasteiger partial charge in [0.25, 0.3) is 0 Å². The number of benzene rings is 1. The standard InChI is InChI=1S/C8H9NO2.C5H11Cl.ClH/c10-8(11)6-9-7-4-2-1-3-5-7;1-2-3-4-5-6;/h1-5,9H,6H2,(H,10,11);2-5H2,1H3;1H. The van der Waals surface area contributed by atoms with Crippen molar-refractivity contribution >= 4 is 35.7 Å². The number of aliphatic carboxylic acids is 1. The molecule has 0 saturated carbocycles. The molecule has 18 heavy (non-hydrogen) atoms. The molecule has 1 rings (SSSR count). The number of anilines is 1. The van der Waals surface area contributed by atoms with E-state index in [2.05, 4.69) is 12.2 Å². The lowest BCUT2D eigenvalue weighted by atomic mass is 10.3. The fourth-order valence-electron chi connectivity index (χ4n) is 1.08. The summed E-state index contributed by atoms with van der Waals surface area (Å²) in [5.74, 6) is -0.0257. The Morgan fingerprint density at radius 3 is 2.28 bits per heavy atom. The van der Waals surface area contributed by atoms with Gasteiger partial charge in [-0.3, -0.25) is 4.79 Å². The van der Waals surface area contributed by atoms with Crippen LogP contribution in [-0.4, -0.2) is 23.5 Å². The molecule has 1 aromatic carbocycles. The van der Waals surface area contributed by atoms with E-state index in [1.807, 2.05) is 30.3 Å². The van der Waals surface area contributed by atoms with Crippen LogP contribution in [0.5, 0.6) is 0 Å². The molecule has 0 atom stereocenters. The van der Waals surface area contributed by atoms with Crippen molar-refractivity contribution in [2.75, 3.05) is 17.7 Å². The summed E-state index contributed by atoms with van der Waals surface area (Å²) in [5, 5.41) is 11.1. The van der Waals surface area contributed by atoms with Crippen LogP contribution >= 0.6 is 24.0 Å². The maximum absolute atomic E-state index is 10.1. The highest BCUT2D eigenvalue weighted by atomic mass is 35.5. The Morgan fingerprint density at radius 2 is 1.89 bits per heavy atom. The molecule has 0 saturated heterocycles. The number of para-hydroxylation sites is 1. The minimum absolute atomic E-state index is 0. The number of nitrogens with one attached hydrogen (secondary N) is 1. The first-order chi connectivity index (χ1) is 8.20. The molecule has 0 heterocycles. The number of carbonyl (C=O) groups is 1. The van der Waals surface area contributed by atoms with Crippen LogP contribution in [0.4, 0.5) is 5.69 Å². The zero-order valence-electron chi connectivity index (χ0n) is 10.6. The average Bonchev–Trinajstić information content (AvgIpc) is 2.36. The molecule has 0 aliphatic rings. The average molecular weight is 294 g/mol. The van der Waals surface area contributed by atoms with Crippen molar-refractivity contribution in [3.63, 3.8) is 0 Å². The molecular formula is C13H21Cl2NO2. The number of halogens is 2. The van der Waals surface area contributed by atoms with E-state index in [1.54, 1.807) is 0 Å². The third kappa shape index (κ3) is 13.1. The number of unbranched alkanes of at least 4 members (excludes halogenated alkanes) is 2. The fraction of sp³-hybridized carbons (Fsp3) is 0.462. The van der Waals surface area contributed by atoms with Gasteiger partial charge in [0.1, 0.15) is 6.54 Å². The van der Waals surface area contributed by atoms with Crippen LogP contribution in [0.25, 0.3) is 0 Å². The number of hydrogen-bond acceptors (Lipinski definition) is 2.